The highest BCUT2D eigenvalue weighted by Crippen LogP contribution is 2.39. The number of rotatable bonds is 11. The van der Waals surface area contributed by atoms with Gasteiger partial charge in [-0.2, -0.15) is 0 Å². The van der Waals surface area contributed by atoms with Gasteiger partial charge in [-0.1, -0.05) is 69.6 Å². The smallest absolute Gasteiger partial charge is 0.323 e. The second-order valence-corrected chi connectivity index (χ2v) is 12.4. The van der Waals surface area contributed by atoms with Gasteiger partial charge in [0.05, 0.1) is 5.69 Å². The van der Waals surface area contributed by atoms with Gasteiger partial charge in [0, 0.05) is 30.6 Å². The van der Waals surface area contributed by atoms with E-state index in [1.54, 1.807) is 4.90 Å². The van der Waals surface area contributed by atoms with Crippen molar-refractivity contribution in [2.45, 2.75) is 103 Å². The van der Waals surface area contributed by atoms with Crippen molar-refractivity contribution in [1.82, 2.24) is 9.80 Å². The lowest BCUT2D eigenvalue weighted by Gasteiger charge is -2.42. The first-order valence-electron chi connectivity index (χ1n) is 15.9. The number of aliphatic imine (C=N–C) groups is 1. The van der Waals surface area contributed by atoms with Crippen molar-refractivity contribution in [1.29, 1.82) is 0 Å². The van der Waals surface area contributed by atoms with E-state index in [1.165, 1.54) is 19.3 Å². The molecular weight excluding hydrogens is 528 g/mol. The summed E-state index contributed by atoms with van der Waals surface area (Å²) in [5.74, 6) is 1.86. The maximum absolute atomic E-state index is 13.6. The lowest BCUT2D eigenvalue weighted by atomic mass is 9.74. The third-order valence-corrected chi connectivity index (χ3v) is 9.60. The van der Waals surface area contributed by atoms with Gasteiger partial charge in [-0.3, -0.25) is 9.59 Å². The second kappa shape index (κ2) is 14.1. The van der Waals surface area contributed by atoms with Crippen LogP contribution in [-0.2, 0) is 16.1 Å². The highest BCUT2D eigenvalue weighted by Gasteiger charge is 2.35. The monoisotopic (exact) mass is 574 g/mol. The molecule has 1 aliphatic heterocycles. The van der Waals surface area contributed by atoms with Crippen LogP contribution in [0.4, 0.5) is 5.69 Å². The largest absolute Gasteiger partial charge is 0.480 e. The van der Waals surface area contributed by atoms with E-state index in [2.05, 4.69) is 11.8 Å². The number of ether oxygens (including phenoxy) is 1. The average molecular weight is 575 g/mol. The molecule has 5 rings (SSSR count). The van der Waals surface area contributed by atoms with E-state index in [9.17, 15) is 14.7 Å². The number of carbonyl (C=O) groups excluding carboxylic acids is 1. The molecule has 0 saturated heterocycles. The van der Waals surface area contributed by atoms with Gasteiger partial charge in [0.2, 0.25) is 5.91 Å². The number of nitrogens with two attached hydrogens (primary N) is 1. The number of benzene rings is 2. The van der Waals surface area contributed by atoms with E-state index in [-0.39, 0.29) is 30.5 Å². The number of para-hydroxylation sites is 1. The summed E-state index contributed by atoms with van der Waals surface area (Å²) >= 11 is 0. The van der Waals surface area contributed by atoms with Gasteiger partial charge >= 0.3 is 5.97 Å². The first-order valence-corrected chi connectivity index (χ1v) is 15.9. The number of fused-ring (bicyclic) bond motifs is 1. The van der Waals surface area contributed by atoms with E-state index in [4.69, 9.17) is 15.5 Å². The third kappa shape index (κ3) is 7.44. The van der Waals surface area contributed by atoms with Crippen molar-refractivity contribution in [3.05, 3.63) is 54.1 Å². The average Bonchev–Trinajstić information content (AvgIpc) is 3.01. The lowest BCUT2D eigenvalue weighted by Crippen LogP contribution is -2.49. The summed E-state index contributed by atoms with van der Waals surface area (Å²) in [6.45, 7) is 2.64. The standard InChI is InChI=1S/C34H46N4O4/c1-24(37-22-26-21-29(17-19-31(26)36-34(37)35)42-28-15-9-4-10-16-28)30(25-11-5-2-6-12-25)18-20-32(39)38(23-33(40)41)27-13-7-3-8-14-27/h4,9-10,15-17,19,21,24-25,27,30H,2-3,5-8,11-14,18,20,22-23H2,1H3,(H2,35,36)(H,40,41)/t24?,30-/m1/s1. The summed E-state index contributed by atoms with van der Waals surface area (Å²) in [5.41, 5.74) is 8.51. The van der Waals surface area contributed by atoms with E-state index in [1.807, 2.05) is 48.5 Å². The second-order valence-electron chi connectivity index (χ2n) is 12.4. The number of carboxylic acids is 1. The molecule has 1 unspecified atom stereocenters. The van der Waals surface area contributed by atoms with Crippen LogP contribution in [0.25, 0.3) is 0 Å². The topological polar surface area (TPSA) is 108 Å². The van der Waals surface area contributed by atoms with Crippen LogP contribution in [0.1, 0.15) is 89.5 Å². The first-order chi connectivity index (χ1) is 20.4. The van der Waals surface area contributed by atoms with Gasteiger partial charge in [-0.05, 0) is 68.4 Å². The molecule has 0 aromatic heterocycles. The van der Waals surface area contributed by atoms with Crippen LogP contribution in [0.5, 0.6) is 11.5 Å². The quantitative estimate of drug-likeness (QED) is 0.304. The Morgan fingerprint density at radius 2 is 1.69 bits per heavy atom. The van der Waals surface area contributed by atoms with Crippen molar-refractivity contribution in [3.63, 3.8) is 0 Å². The fraction of sp³-hybridized carbons (Fsp3) is 0.559. The molecule has 1 heterocycles. The molecule has 3 N–H and O–H groups in total. The zero-order chi connectivity index (χ0) is 29.5. The molecule has 2 aromatic carbocycles. The van der Waals surface area contributed by atoms with Crippen LogP contribution in [0, 0.1) is 11.8 Å². The maximum atomic E-state index is 13.6. The van der Waals surface area contributed by atoms with E-state index < -0.39 is 5.97 Å². The number of carboxylic acid groups (broad SMARTS) is 1. The van der Waals surface area contributed by atoms with Gasteiger partial charge < -0.3 is 25.4 Å². The Morgan fingerprint density at radius 1 is 1.00 bits per heavy atom. The highest BCUT2D eigenvalue weighted by molar-refractivity contribution is 5.84. The lowest BCUT2D eigenvalue weighted by molar-refractivity contribution is -0.147. The summed E-state index contributed by atoms with van der Waals surface area (Å²) in [6.07, 6.45) is 12.2. The number of carbonyl (C=O) groups is 2. The molecular formula is C34H46N4O4. The fourth-order valence-electron chi connectivity index (χ4n) is 7.35. The number of hydrogen-bond acceptors (Lipinski definition) is 6. The van der Waals surface area contributed by atoms with Crippen molar-refractivity contribution in [3.8, 4) is 11.5 Å². The Labute approximate surface area is 249 Å². The minimum atomic E-state index is -0.933. The van der Waals surface area contributed by atoms with Crippen molar-refractivity contribution in [2.24, 2.45) is 22.6 Å². The number of amides is 1. The molecule has 2 aromatic rings. The third-order valence-electron chi connectivity index (χ3n) is 9.60. The Balaban J connectivity index is 1.31. The Bertz CT molecular complexity index is 1240. The summed E-state index contributed by atoms with van der Waals surface area (Å²) in [4.78, 5) is 33.9. The predicted molar refractivity (Wildman–Crippen MR) is 165 cm³/mol. The van der Waals surface area contributed by atoms with Crippen LogP contribution in [0.3, 0.4) is 0 Å². The molecule has 0 bridgehead atoms. The van der Waals surface area contributed by atoms with Crippen LogP contribution < -0.4 is 10.5 Å². The van der Waals surface area contributed by atoms with Gasteiger partial charge in [0.15, 0.2) is 5.96 Å². The maximum Gasteiger partial charge on any atom is 0.323 e. The Kier molecular flexibility index (Phi) is 10.0. The fourth-order valence-corrected chi connectivity index (χ4v) is 7.35. The molecule has 2 aliphatic carbocycles. The Hall–Kier alpha value is -3.55. The number of guanidine groups is 1. The Morgan fingerprint density at radius 3 is 2.38 bits per heavy atom. The van der Waals surface area contributed by atoms with Crippen LogP contribution in [-0.4, -0.2) is 51.4 Å². The summed E-state index contributed by atoms with van der Waals surface area (Å²) in [7, 11) is 0. The first kappa shape index (κ1) is 29.9. The van der Waals surface area contributed by atoms with Crippen LogP contribution >= 0.6 is 0 Å². The molecule has 0 spiro atoms. The van der Waals surface area contributed by atoms with E-state index in [0.717, 1.165) is 74.1 Å². The van der Waals surface area contributed by atoms with Crippen molar-refractivity contribution < 1.29 is 19.4 Å². The van der Waals surface area contributed by atoms with Gasteiger partial charge in [0.25, 0.3) is 0 Å². The minimum absolute atomic E-state index is 0.0226. The number of hydrogen-bond donors (Lipinski definition) is 2. The zero-order valence-corrected chi connectivity index (χ0v) is 24.9. The van der Waals surface area contributed by atoms with Crippen LogP contribution in [0.15, 0.2) is 53.5 Å². The molecule has 3 aliphatic rings. The van der Waals surface area contributed by atoms with E-state index in [0.29, 0.717) is 24.8 Å². The van der Waals surface area contributed by atoms with Gasteiger partial charge in [-0.15, -0.1) is 0 Å². The summed E-state index contributed by atoms with van der Waals surface area (Å²) < 4.78 is 6.09. The SMILES string of the molecule is CC([C@@H](CCC(=O)N(CC(=O)O)C1CCCCC1)C1CCCCC1)N1Cc2cc(Oc3ccccc3)ccc2N=C1N. The molecule has 226 valence electrons. The molecule has 8 heteroatoms. The van der Waals surface area contributed by atoms with Crippen LogP contribution in [0.2, 0.25) is 0 Å². The van der Waals surface area contributed by atoms with Crippen molar-refractivity contribution >= 4 is 23.5 Å². The highest BCUT2D eigenvalue weighted by atomic mass is 16.5. The zero-order valence-electron chi connectivity index (χ0n) is 24.9. The molecule has 2 saturated carbocycles. The summed E-state index contributed by atoms with van der Waals surface area (Å²) in [6, 6.07) is 15.8. The normalized spacial score (nSPS) is 19.4. The van der Waals surface area contributed by atoms with Gasteiger partial charge in [0.1, 0.15) is 18.0 Å². The van der Waals surface area contributed by atoms with E-state index >= 15 is 0 Å². The summed E-state index contributed by atoms with van der Waals surface area (Å²) in [5, 5.41) is 9.58. The molecule has 1 amide bonds. The predicted octanol–water partition coefficient (Wildman–Crippen LogP) is 6.85. The molecule has 8 nitrogen and oxygen atoms in total. The molecule has 42 heavy (non-hydrogen) atoms. The molecule has 2 fully saturated rings. The van der Waals surface area contributed by atoms with Gasteiger partial charge in [-0.25, -0.2) is 4.99 Å². The number of nitrogens with zero attached hydrogens (tertiary/aromatic N) is 3. The number of aliphatic carboxylic acids is 1. The minimum Gasteiger partial charge on any atom is -0.480 e. The molecule has 2 atom stereocenters. The molecule has 0 radical (unpaired) electrons. The van der Waals surface area contributed by atoms with Crippen molar-refractivity contribution in [2.75, 3.05) is 6.54 Å².